The Hall–Kier alpha value is -3.38. The van der Waals surface area contributed by atoms with Crippen molar-refractivity contribution < 1.29 is 39.1 Å². The average Bonchev–Trinajstić information content (AvgIpc) is 2.84. The van der Waals surface area contributed by atoms with Crippen LogP contribution >= 0.6 is 0 Å². The Morgan fingerprint density at radius 2 is 1.21 bits per heavy atom. The highest BCUT2D eigenvalue weighted by atomic mass is 16.7. The molecule has 0 saturated heterocycles. The molecule has 12 nitrogen and oxygen atoms in total. The fourth-order valence-corrected chi connectivity index (χ4v) is 3.30. The Kier molecular flexibility index (Phi) is 14.4. The lowest BCUT2D eigenvalue weighted by Crippen LogP contribution is -2.47. The minimum atomic E-state index is -1.03. The van der Waals surface area contributed by atoms with Gasteiger partial charge in [0.05, 0.1) is 14.2 Å². The smallest absolute Gasteiger partial charge is 0.408 e. The van der Waals surface area contributed by atoms with Gasteiger partial charge in [0.25, 0.3) is 0 Å². The minimum absolute atomic E-state index is 0.105. The molecule has 0 radical (unpaired) electrons. The van der Waals surface area contributed by atoms with Crippen molar-refractivity contribution in [2.45, 2.75) is 71.5 Å². The Bertz CT molecular complexity index is 902. The topological polar surface area (TPSA) is 140 Å². The maximum absolute atomic E-state index is 11.8. The van der Waals surface area contributed by atoms with Gasteiger partial charge in [-0.2, -0.15) is 0 Å². The monoisotopic (exact) mass is 540 g/mol. The predicted molar refractivity (Wildman–Crippen MR) is 142 cm³/mol. The number of carbonyl (C=O) groups excluding carboxylic acids is 2. The van der Waals surface area contributed by atoms with Gasteiger partial charge in [-0.15, -0.1) is 0 Å². The van der Waals surface area contributed by atoms with E-state index in [1.54, 1.807) is 20.8 Å². The number of carboxylic acid groups (broad SMARTS) is 2. The number of benzene rings is 1. The van der Waals surface area contributed by atoms with Crippen LogP contribution in [0.4, 0.5) is 9.59 Å². The third-order valence-electron chi connectivity index (χ3n) is 5.94. The van der Waals surface area contributed by atoms with Crippen LogP contribution in [0.25, 0.3) is 0 Å². The molecule has 0 bridgehead atoms. The van der Waals surface area contributed by atoms with Crippen LogP contribution in [0.5, 0.6) is 0 Å². The highest BCUT2D eigenvalue weighted by molar-refractivity contribution is 5.76. The van der Waals surface area contributed by atoms with Gasteiger partial charge >= 0.3 is 12.2 Å². The zero-order valence-electron chi connectivity index (χ0n) is 24.1. The van der Waals surface area contributed by atoms with Gasteiger partial charge in [0.2, 0.25) is 11.8 Å². The summed E-state index contributed by atoms with van der Waals surface area (Å²) in [7, 11) is 5.83. The Labute approximate surface area is 225 Å². The van der Waals surface area contributed by atoms with Crippen LogP contribution in [0.1, 0.15) is 59.4 Å². The maximum atomic E-state index is 11.8. The zero-order valence-corrected chi connectivity index (χ0v) is 24.1. The molecule has 2 N–H and O–H groups in total. The normalized spacial score (nSPS) is 11.1. The summed E-state index contributed by atoms with van der Waals surface area (Å²) in [5.74, 6) is -0.432. The van der Waals surface area contributed by atoms with Crippen LogP contribution in [0.15, 0.2) is 30.3 Å². The first-order chi connectivity index (χ1) is 17.5. The van der Waals surface area contributed by atoms with Gasteiger partial charge in [-0.1, -0.05) is 30.3 Å². The van der Waals surface area contributed by atoms with Gasteiger partial charge < -0.3 is 15.1 Å². The molecule has 0 fully saturated rings. The Morgan fingerprint density at radius 3 is 1.61 bits per heavy atom. The van der Waals surface area contributed by atoms with E-state index in [1.165, 1.54) is 38.1 Å². The summed E-state index contributed by atoms with van der Waals surface area (Å²) in [5.41, 5.74) is -0.262. The van der Waals surface area contributed by atoms with Crippen LogP contribution in [-0.4, -0.2) is 100 Å². The summed E-state index contributed by atoms with van der Waals surface area (Å²) in [6.07, 6.45) is -1.29. The van der Waals surface area contributed by atoms with Crippen molar-refractivity contribution in [3.05, 3.63) is 35.9 Å². The van der Waals surface area contributed by atoms with Gasteiger partial charge in [-0.05, 0) is 46.6 Å². The molecule has 216 valence electrons. The summed E-state index contributed by atoms with van der Waals surface area (Å²) >= 11 is 0. The molecular formula is C26H44N4O8. The summed E-state index contributed by atoms with van der Waals surface area (Å²) < 4.78 is 0. The van der Waals surface area contributed by atoms with Crippen molar-refractivity contribution in [3.63, 3.8) is 0 Å². The van der Waals surface area contributed by atoms with Crippen molar-refractivity contribution in [3.8, 4) is 0 Å². The first-order valence-corrected chi connectivity index (χ1v) is 12.1. The van der Waals surface area contributed by atoms with Crippen LogP contribution in [0.3, 0.4) is 0 Å². The average molecular weight is 541 g/mol. The molecule has 0 saturated carbocycles. The summed E-state index contributed by atoms with van der Waals surface area (Å²) in [6.45, 7) is 9.44. The van der Waals surface area contributed by atoms with Gasteiger partial charge in [0.1, 0.15) is 0 Å². The van der Waals surface area contributed by atoms with E-state index in [4.69, 9.17) is 14.8 Å². The van der Waals surface area contributed by atoms with E-state index < -0.39 is 23.3 Å². The molecule has 12 heteroatoms. The van der Waals surface area contributed by atoms with Crippen LogP contribution in [-0.2, 0) is 25.8 Å². The van der Waals surface area contributed by atoms with E-state index in [1.807, 2.05) is 44.2 Å². The first kappa shape index (κ1) is 34.6. The fraction of sp³-hybridized carbons (Fsp3) is 0.615. The summed E-state index contributed by atoms with van der Waals surface area (Å²) in [4.78, 5) is 57.9. The van der Waals surface area contributed by atoms with Crippen molar-refractivity contribution in [2.24, 2.45) is 0 Å². The molecule has 0 aromatic heterocycles. The molecule has 1 aromatic carbocycles. The second-order valence-electron chi connectivity index (χ2n) is 10.2. The molecule has 0 aliphatic rings. The maximum Gasteiger partial charge on any atom is 0.408 e. The van der Waals surface area contributed by atoms with E-state index in [0.29, 0.717) is 6.42 Å². The van der Waals surface area contributed by atoms with E-state index in [0.717, 1.165) is 15.7 Å². The molecule has 0 atom stereocenters. The van der Waals surface area contributed by atoms with Gasteiger partial charge in [-0.3, -0.25) is 24.2 Å². The lowest BCUT2D eigenvalue weighted by molar-refractivity contribution is -0.169. The Morgan fingerprint density at radius 1 is 0.763 bits per heavy atom. The van der Waals surface area contributed by atoms with E-state index in [9.17, 15) is 24.3 Å². The number of amides is 4. The van der Waals surface area contributed by atoms with Gasteiger partial charge in [0, 0.05) is 51.1 Å². The first-order valence-electron chi connectivity index (χ1n) is 12.1. The molecule has 0 heterocycles. The lowest BCUT2D eigenvalue weighted by Gasteiger charge is -2.37. The largest absolute Gasteiger partial charge is 0.465 e. The zero-order chi connectivity index (χ0) is 29.7. The van der Waals surface area contributed by atoms with E-state index in [2.05, 4.69) is 0 Å². The van der Waals surface area contributed by atoms with Crippen LogP contribution in [0, 0.1) is 0 Å². The van der Waals surface area contributed by atoms with E-state index in [-0.39, 0.29) is 37.7 Å². The minimum Gasteiger partial charge on any atom is -0.465 e. The number of hydrogen-bond acceptors (Lipinski definition) is 6. The van der Waals surface area contributed by atoms with Crippen molar-refractivity contribution in [1.29, 1.82) is 0 Å². The third-order valence-corrected chi connectivity index (χ3v) is 5.94. The number of rotatable bonds is 11. The van der Waals surface area contributed by atoms with Gasteiger partial charge in [-0.25, -0.2) is 19.7 Å². The molecule has 1 aromatic rings. The molecule has 38 heavy (non-hydrogen) atoms. The van der Waals surface area contributed by atoms with Crippen molar-refractivity contribution >= 4 is 24.0 Å². The summed E-state index contributed by atoms with van der Waals surface area (Å²) in [6, 6.07) is 9.41. The SMILES string of the molecule is CON(C)C(=O)CCC(C)(C)N(Cc1ccccc1)C(=O)O.CON(C)C(=O)CCN(C(=O)O)C(C)(C)C. The quantitative estimate of drug-likeness (QED) is 0.403. The number of hydrogen-bond donors (Lipinski definition) is 2. The molecule has 0 aliphatic heterocycles. The Balaban J connectivity index is 0.000000761. The number of carbonyl (C=O) groups is 4. The van der Waals surface area contributed by atoms with Crippen molar-refractivity contribution in [1.82, 2.24) is 19.9 Å². The molecular weight excluding hydrogens is 496 g/mol. The number of nitrogens with zero attached hydrogens (tertiary/aromatic N) is 4. The number of hydroxylamine groups is 4. The molecule has 1 rings (SSSR count). The van der Waals surface area contributed by atoms with Crippen molar-refractivity contribution in [2.75, 3.05) is 34.9 Å². The second kappa shape index (κ2) is 15.8. The highest BCUT2D eigenvalue weighted by Crippen LogP contribution is 2.24. The molecule has 0 aliphatic carbocycles. The standard InChI is InChI=1S/C16H24N2O4.C10H20N2O4/c1-16(2,11-10-14(19)17(3)22-4)18(15(20)21)12-13-8-6-5-7-9-13;1-10(2,3)12(9(14)15)7-6-8(13)11(4)16-5/h5-9H,10-12H2,1-4H3,(H,20,21);6-7H2,1-5H3,(H,14,15). The van der Waals surface area contributed by atoms with Crippen LogP contribution < -0.4 is 0 Å². The summed E-state index contributed by atoms with van der Waals surface area (Å²) in [5, 5.41) is 20.7. The van der Waals surface area contributed by atoms with E-state index >= 15 is 0 Å². The molecule has 4 amide bonds. The predicted octanol–water partition coefficient (Wildman–Crippen LogP) is 3.92. The lowest BCUT2D eigenvalue weighted by atomic mass is 9.95. The van der Waals surface area contributed by atoms with Gasteiger partial charge in [0.15, 0.2) is 0 Å². The third kappa shape index (κ3) is 12.2. The fourth-order valence-electron chi connectivity index (χ4n) is 3.30. The van der Waals surface area contributed by atoms with Crippen LogP contribution in [0.2, 0.25) is 0 Å². The molecule has 0 unspecified atom stereocenters. The highest BCUT2D eigenvalue weighted by Gasteiger charge is 2.32. The second-order valence-corrected chi connectivity index (χ2v) is 10.2. The molecule has 0 spiro atoms.